The lowest BCUT2D eigenvalue weighted by atomic mass is 10.1. The molecular weight excluding hydrogens is 655 g/mol. The number of hydrogen-bond acceptors (Lipinski definition) is 9. The number of benzene rings is 4. The van der Waals surface area contributed by atoms with Gasteiger partial charge in [-0.3, -0.25) is 19.7 Å². The van der Waals surface area contributed by atoms with Crippen molar-refractivity contribution in [1.29, 1.82) is 0 Å². The van der Waals surface area contributed by atoms with Crippen LogP contribution in [0, 0.1) is 10.1 Å². The molecule has 0 fully saturated rings. The Balaban J connectivity index is 1.20. The molecule has 0 saturated carbocycles. The molecule has 1 aromatic heterocycles. The molecule has 5 rings (SSSR count). The first-order chi connectivity index (χ1) is 22.1. The first-order valence-corrected chi connectivity index (χ1v) is 15.1. The molecule has 0 atom stereocenters. The highest BCUT2D eigenvalue weighted by atomic mass is 35.5. The highest BCUT2D eigenvalue weighted by Crippen LogP contribution is 2.38. The number of ether oxygens (including phenoxy) is 2. The third kappa shape index (κ3) is 7.49. The first-order valence-electron chi connectivity index (χ1n) is 13.5. The van der Waals surface area contributed by atoms with Gasteiger partial charge in [-0.2, -0.15) is 5.10 Å². The molecule has 0 aliphatic rings. The maximum absolute atomic E-state index is 13.0. The monoisotopic (exact) mass is 676 g/mol. The van der Waals surface area contributed by atoms with Crippen LogP contribution in [0.3, 0.4) is 0 Å². The standard InChI is InChI=1S/C32H22Cl2N4O7S/c1-2-44-26-15-18(3-14-25(26)45-32(41)29-28(34)24-13-8-21(33)16-27(24)46-29)17-35-37-31(40)20-4-9-22(10-5-20)36-30(39)19-6-11-23(12-7-19)38(42)43/h3-17H,2H2,1H3,(H,36,39)(H,37,40)/b35-17-. The van der Waals surface area contributed by atoms with Crippen molar-refractivity contribution in [2.45, 2.75) is 6.92 Å². The summed E-state index contributed by atoms with van der Waals surface area (Å²) in [6.07, 6.45) is 1.40. The van der Waals surface area contributed by atoms with Gasteiger partial charge in [0, 0.05) is 44.1 Å². The van der Waals surface area contributed by atoms with Gasteiger partial charge in [0.1, 0.15) is 4.88 Å². The Hall–Kier alpha value is -5.30. The molecule has 0 aliphatic carbocycles. The lowest BCUT2D eigenvalue weighted by Crippen LogP contribution is -2.18. The molecule has 0 unspecified atom stereocenters. The van der Waals surface area contributed by atoms with Crippen molar-refractivity contribution in [3.63, 3.8) is 0 Å². The van der Waals surface area contributed by atoms with Crippen LogP contribution in [0.4, 0.5) is 11.4 Å². The molecule has 2 amide bonds. The number of esters is 1. The van der Waals surface area contributed by atoms with E-state index in [4.69, 9.17) is 32.7 Å². The molecule has 0 spiro atoms. The van der Waals surface area contributed by atoms with Crippen molar-refractivity contribution in [3.05, 3.63) is 127 Å². The number of nitro groups is 1. The second-order valence-corrected chi connectivity index (χ2v) is 11.3. The average Bonchev–Trinajstić information content (AvgIpc) is 3.37. The number of anilines is 1. The number of amides is 2. The maximum atomic E-state index is 13.0. The number of nitro benzene ring substituents is 1. The van der Waals surface area contributed by atoms with E-state index in [1.165, 1.54) is 66.1 Å². The highest BCUT2D eigenvalue weighted by Gasteiger charge is 2.21. The number of thiophene rings is 1. The van der Waals surface area contributed by atoms with E-state index in [1.54, 1.807) is 43.3 Å². The van der Waals surface area contributed by atoms with Crippen LogP contribution in [0.5, 0.6) is 11.5 Å². The van der Waals surface area contributed by atoms with Gasteiger partial charge in [-0.15, -0.1) is 11.3 Å². The third-order valence-electron chi connectivity index (χ3n) is 6.37. The molecule has 1 heterocycles. The van der Waals surface area contributed by atoms with Crippen molar-refractivity contribution < 1.29 is 28.8 Å². The van der Waals surface area contributed by atoms with Gasteiger partial charge in [-0.05, 0) is 79.2 Å². The fourth-order valence-electron chi connectivity index (χ4n) is 4.15. The molecule has 0 aliphatic heterocycles. The molecule has 0 saturated heterocycles. The number of nitrogens with one attached hydrogen (secondary N) is 2. The van der Waals surface area contributed by atoms with E-state index in [0.717, 1.165) is 4.70 Å². The Morgan fingerprint density at radius 3 is 2.30 bits per heavy atom. The normalized spacial score (nSPS) is 10.9. The quantitative estimate of drug-likeness (QED) is 0.0505. The zero-order chi connectivity index (χ0) is 32.8. The van der Waals surface area contributed by atoms with Crippen LogP contribution in [0.2, 0.25) is 10.0 Å². The summed E-state index contributed by atoms with van der Waals surface area (Å²) in [6.45, 7) is 2.08. The number of non-ortho nitro benzene ring substituents is 1. The van der Waals surface area contributed by atoms with Gasteiger partial charge in [-0.25, -0.2) is 10.2 Å². The Morgan fingerprint density at radius 1 is 0.913 bits per heavy atom. The fourth-order valence-corrected chi connectivity index (χ4v) is 5.81. The number of nitrogens with zero attached hydrogens (tertiary/aromatic N) is 2. The predicted molar refractivity (Wildman–Crippen MR) is 177 cm³/mol. The van der Waals surface area contributed by atoms with Gasteiger partial charge in [0.05, 0.1) is 22.8 Å². The molecule has 5 aromatic rings. The molecule has 0 radical (unpaired) electrons. The summed E-state index contributed by atoms with van der Waals surface area (Å²) in [7, 11) is 0. The summed E-state index contributed by atoms with van der Waals surface area (Å²) in [5.74, 6) is -1.13. The zero-order valence-electron chi connectivity index (χ0n) is 23.8. The Morgan fingerprint density at radius 2 is 1.61 bits per heavy atom. The highest BCUT2D eigenvalue weighted by molar-refractivity contribution is 7.21. The number of carbonyl (C=O) groups excluding carboxylic acids is 3. The van der Waals surface area contributed by atoms with Crippen molar-refractivity contribution in [3.8, 4) is 11.5 Å². The molecule has 46 heavy (non-hydrogen) atoms. The summed E-state index contributed by atoms with van der Waals surface area (Å²) in [4.78, 5) is 48.5. The summed E-state index contributed by atoms with van der Waals surface area (Å²) in [6, 6.07) is 21.2. The molecule has 2 N–H and O–H groups in total. The molecule has 232 valence electrons. The van der Waals surface area contributed by atoms with Crippen molar-refractivity contribution in [2.75, 3.05) is 11.9 Å². The predicted octanol–water partition coefficient (Wildman–Crippen LogP) is 7.75. The van der Waals surface area contributed by atoms with E-state index in [1.807, 2.05) is 0 Å². The molecule has 4 aromatic carbocycles. The smallest absolute Gasteiger partial charge is 0.355 e. The Kier molecular flexibility index (Phi) is 9.91. The van der Waals surface area contributed by atoms with E-state index >= 15 is 0 Å². The van der Waals surface area contributed by atoms with Crippen LogP contribution in [0.1, 0.15) is 42.9 Å². The summed E-state index contributed by atoms with van der Waals surface area (Å²) >= 11 is 13.7. The van der Waals surface area contributed by atoms with E-state index in [-0.39, 0.29) is 38.2 Å². The summed E-state index contributed by atoms with van der Waals surface area (Å²) in [5.41, 5.74) is 3.81. The van der Waals surface area contributed by atoms with Crippen molar-refractivity contribution in [2.24, 2.45) is 5.10 Å². The maximum Gasteiger partial charge on any atom is 0.355 e. The average molecular weight is 678 g/mol. The number of hydrazone groups is 1. The van der Waals surface area contributed by atoms with Crippen LogP contribution in [0.15, 0.2) is 90.0 Å². The topological polar surface area (TPSA) is 149 Å². The molecule has 11 nitrogen and oxygen atoms in total. The van der Waals surface area contributed by atoms with E-state index in [0.29, 0.717) is 28.3 Å². The van der Waals surface area contributed by atoms with Gasteiger partial charge in [0.25, 0.3) is 17.5 Å². The summed E-state index contributed by atoms with van der Waals surface area (Å²) < 4.78 is 12.0. The van der Waals surface area contributed by atoms with E-state index in [2.05, 4.69) is 15.8 Å². The van der Waals surface area contributed by atoms with Gasteiger partial charge < -0.3 is 14.8 Å². The van der Waals surface area contributed by atoms with E-state index in [9.17, 15) is 24.5 Å². The second-order valence-electron chi connectivity index (χ2n) is 9.45. The van der Waals surface area contributed by atoms with Gasteiger partial charge in [0.15, 0.2) is 11.5 Å². The fraction of sp³-hybridized carbons (Fsp3) is 0.0625. The van der Waals surface area contributed by atoms with Crippen molar-refractivity contribution in [1.82, 2.24) is 5.43 Å². The second kappa shape index (κ2) is 14.2. The van der Waals surface area contributed by atoms with Crippen LogP contribution in [-0.4, -0.2) is 35.5 Å². The third-order valence-corrected chi connectivity index (χ3v) is 8.24. The number of hydrogen-bond donors (Lipinski definition) is 2. The van der Waals surface area contributed by atoms with Gasteiger partial charge in [0.2, 0.25) is 0 Å². The Labute approximate surface area is 275 Å². The summed E-state index contributed by atoms with van der Waals surface area (Å²) in [5, 5.41) is 19.0. The first kappa shape index (κ1) is 32.1. The molecule has 14 heteroatoms. The molecule has 0 bridgehead atoms. The largest absolute Gasteiger partial charge is 0.490 e. The minimum absolute atomic E-state index is 0.122. The van der Waals surface area contributed by atoms with Crippen molar-refractivity contribution >= 4 is 80.0 Å². The van der Waals surface area contributed by atoms with Crippen LogP contribution >= 0.6 is 34.5 Å². The lowest BCUT2D eigenvalue weighted by molar-refractivity contribution is -0.384. The number of carbonyl (C=O) groups is 3. The van der Waals surface area contributed by atoms with Crippen LogP contribution in [-0.2, 0) is 0 Å². The van der Waals surface area contributed by atoms with Crippen LogP contribution < -0.4 is 20.2 Å². The zero-order valence-corrected chi connectivity index (χ0v) is 26.1. The van der Waals surface area contributed by atoms with Gasteiger partial charge in [-0.1, -0.05) is 29.3 Å². The SMILES string of the molecule is CCOc1cc(/C=N\NC(=O)c2ccc(NC(=O)c3ccc([N+](=O)[O-])cc3)cc2)ccc1OC(=O)c1sc2cc(Cl)ccc2c1Cl. The minimum atomic E-state index is -0.645. The van der Waals surface area contributed by atoms with Crippen LogP contribution in [0.25, 0.3) is 10.1 Å². The number of halogens is 2. The Bertz CT molecular complexity index is 1990. The lowest BCUT2D eigenvalue weighted by Gasteiger charge is -2.11. The van der Waals surface area contributed by atoms with E-state index < -0.39 is 22.7 Å². The van der Waals surface area contributed by atoms with Gasteiger partial charge >= 0.3 is 5.97 Å². The molecular formula is C32H22Cl2N4O7S. The number of rotatable bonds is 10. The minimum Gasteiger partial charge on any atom is -0.490 e. The number of fused-ring (bicyclic) bond motifs is 1.